The van der Waals surface area contributed by atoms with Crippen molar-refractivity contribution in [2.45, 2.75) is 25.1 Å². The smallest absolute Gasteiger partial charge is 0.0506 e. The van der Waals surface area contributed by atoms with Crippen LogP contribution < -0.4 is 0 Å². The lowest BCUT2D eigenvalue weighted by Crippen LogP contribution is -2.01. The lowest BCUT2D eigenvalue weighted by molar-refractivity contribution is 0.127. The van der Waals surface area contributed by atoms with Crippen LogP contribution in [0.3, 0.4) is 0 Å². The van der Waals surface area contributed by atoms with Gasteiger partial charge in [0, 0.05) is 12.5 Å². The molecular formula is C13H17ClO. The van der Waals surface area contributed by atoms with Crippen molar-refractivity contribution >= 4 is 11.6 Å². The number of halogens is 1. The molecule has 0 radical (unpaired) electrons. The zero-order valence-electron chi connectivity index (χ0n) is 8.92. The van der Waals surface area contributed by atoms with Gasteiger partial charge in [-0.25, -0.2) is 0 Å². The van der Waals surface area contributed by atoms with Crippen molar-refractivity contribution in [2.24, 2.45) is 5.92 Å². The molecular weight excluding hydrogens is 208 g/mol. The number of rotatable bonds is 6. The highest BCUT2D eigenvalue weighted by atomic mass is 35.5. The summed E-state index contributed by atoms with van der Waals surface area (Å²) in [5, 5.41) is 0. The van der Waals surface area contributed by atoms with Crippen molar-refractivity contribution in [1.29, 1.82) is 0 Å². The Balaban J connectivity index is 1.67. The minimum Gasteiger partial charge on any atom is -0.381 e. The maximum atomic E-state index is 5.72. The first-order chi connectivity index (χ1) is 7.38. The van der Waals surface area contributed by atoms with E-state index in [4.69, 9.17) is 16.3 Å². The highest BCUT2D eigenvalue weighted by Gasteiger charge is 2.20. The predicted molar refractivity (Wildman–Crippen MR) is 63.2 cm³/mol. The van der Waals surface area contributed by atoms with Crippen molar-refractivity contribution in [2.75, 3.05) is 13.2 Å². The molecule has 1 nitrogen and oxygen atoms in total. The third-order valence-corrected chi connectivity index (χ3v) is 3.07. The highest BCUT2D eigenvalue weighted by molar-refractivity contribution is 6.17. The molecule has 0 aliphatic heterocycles. The summed E-state index contributed by atoms with van der Waals surface area (Å²) in [7, 11) is 0. The molecule has 82 valence electrons. The average molecular weight is 225 g/mol. The van der Waals surface area contributed by atoms with Gasteiger partial charge in [-0.2, -0.15) is 0 Å². The number of ether oxygens (including phenoxy) is 1. The van der Waals surface area contributed by atoms with Crippen LogP contribution in [0.1, 0.15) is 24.0 Å². The molecule has 0 amide bonds. The Bertz CT molecular complexity index is 290. The fourth-order valence-electron chi connectivity index (χ4n) is 1.52. The van der Waals surface area contributed by atoms with Gasteiger partial charge < -0.3 is 4.74 Å². The summed E-state index contributed by atoms with van der Waals surface area (Å²) < 4.78 is 5.59. The fraction of sp³-hybridized carbons (Fsp3) is 0.538. The molecule has 1 aromatic rings. The molecule has 1 fully saturated rings. The molecule has 15 heavy (non-hydrogen) atoms. The van der Waals surface area contributed by atoms with Crippen LogP contribution >= 0.6 is 11.6 Å². The normalized spacial score (nSPS) is 15.5. The molecule has 0 spiro atoms. The number of benzene rings is 1. The van der Waals surface area contributed by atoms with Crippen LogP contribution in [-0.4, -0.2) is 13.2 Å². The van der Waals surface area contributed by atoms with Crippen molar-refractivity contribution in [3.63, 3.8) is 0 Å². The standard InChI is InChI=1S/C13H17ClO/c14-9-12-3-1-11(2-4-12)7-8-15-10-13-5-6-13/h1-4,13H,5-10H2. The lowest BCUT2D eigenvalue weighted by Gasteiger charge is -2.04. The van der Waals surface area contributed by atoms with E-state index in [9.17, 15) is 0 Å². The summed E-state index contributed by atoms with van der Waals surface area (Å²) in [5.41, 5.74) is 2.51. The van der Waals surface area contributed by atoms with Crippen LogP contribution in [0.25, 0.3) is 0 Å². The monoisotopic (exact) mass is 224 g/mol. The van der Waals surface area contributed by atoms with E-state index in [2.05, 4.69) is 24.3 Å². The summed E-state index contributed by atoms with van der Waals surface area (Å²) in [4.78, 5) is 0. The number of hydrogen-bond donors (Lipinski definition) is 0. The van der Waals surface area contributed by atoms with Gasteiger partial charge in [-0.3, -0.25) is 0 Å². The Morgan fingerprint density at radius 3 is 2.40 bits per heavy atom. The van der Waals surface area contributed by atoms with Gasteiger partial charge in [-0.15, -0.1) is 11.6 Å². The SMILES string of the molecule is ClCc1ccc(CCOCC2CC2)cc1. The maximum Gasteiger partial charge on any atom is 0.0506 e. The van der Waals surface area contributed by atoms with Crippen LogP contribution in [0.2, 0.25) is 0 Å². The van der Waals surface area contributed by atoms with Gasteiger partial charge in [0.05, 0.1) is 6.61 Å². The topological polar surface area (TPSA) is 9.23 Å². The van der Waals surface area contributed by atoms with E-state index in [1.807, 2.05) is 0 Å². The van der Waals surface area contributed by atoms with E-state index in [-0.39, 0.29) is 0 Å². The van der Waals surface area contributed by atoms with Crippen molar-refractivity contribution in [3.8, 4) is 0 Å². The molecule has 0 bridgehead atoms. The average Bonchev–Trinajstić information content (AvgIpc) is 3.09. The summed E-state index contributed by atoms with van der Waals surface area (Å²) in [6.07, 6.45) is 3.74. The van der Waals surface area contributed by atoms with Crippen molar-refractivity contribution < 1.29 is 4.74 Å². The predicted octanol–water partition coefficient (Wildman–Crippen LogP) is 3.39. The molecule has 0 heterocycles. The first-order valence-electron chi connectivity index (χ1n) is 5.60. The first-order valence-corrected chi connectivity index (χ1v) is 6.13. The zero-order valence-corrected chi connectivity index (χ0v) is 9.67. The summed E-state index contributed by atoms with van der Waals surface area (Å²) in [6, 6.07) is 8.45. The summed E-state index contributed by atoms with van der Waals surface area (Å²) >= 11 is 5.72. The Kier molecular flexibility index (Phi) is 4.04. The second kappa shape index (κ2) is 5.53. The molecule has 2 rings (SSSR count). The molecule has 0 N–H and O–H groups in total. The molecule has 0 unspecified atom stereocenters. The van der Waals surface area contributed by atoms with Crippen molar-refractivity contribution in [3.05, 3.63) is 35.4 Å². The lowest BCUT2D eigenvalue weighted by atomic mass is 10.1. The summed E-state index contributed by atoms with van der Waals surface area (Å²) in [6.45, 7) is 1.80. The Hall–Kier alpha value is -0.530. The van der Waals surface area contributed by atoms with Gasteiger partial charge in [-0.05, 0) is 36.3 Å². The largest absolute Gasteiger partial charge is 0.381 e. The second-order valence-electron chi connectivity index (χ2n) is 4.22. The van der Waals surface area contributed by atoms with E-state index in [1.165, 1.54) is 24.0 Å². The van der Waals surface area contributed by atoms with Crippen LogP contribution in [0.5, 0.6) is 0 Å². The number of alkyl halides is 1. The van der Waals surface area contributed by atoms with E-state index < -0.39 is 0 Å². The van der Waals surface area contributed by atoms with Gasteiger partial charge in [-0.1, -0.05) is 24.3 Å². The fourth-order valence-corrected chi connectivity index (χ4v) is 1.70. The molecule has 0 saturated heterocycles. The van der Waals surface area contributed by atoms with Gasteiger partial charge in [0.15, 0.2) is 0 Å². The number of hydrogen-bond acceptors (Lipinski definition) is 1. The molecule has 1 aliphatic rings. The Morgan fingerprint density at radius 2 is 1.80 bits per heavy atom. The van der Waals surface area contributed by atoms with Crippen molar-refractivity contribution in [1.82, 2.24) is 0 Å². The molecule has 1 saturated carbocycles. The minimum absolute atomic E-state index is 0.596. The van der Waals surface area contributed by atoms with Crippen LogP contribution in [0.4, 0.5) is 0 Å². The van der Waals surface area contributed by atoms with Gasteiger partial charge in [0.25, 0.3) is 0 Å². The van der Waals surface area contributed by atoms with Crippen LogP contribution in [0, 0.1) is 5.92 Å². The highest BCUT2D eigenvalue weighted by Crippen LogP contribution is 2.28. The van der Waals surface area contributed by atoms with E-state index in [0.717, 1.165) is 25.6 Å². The molecule has 0 aromatic heterocycles. The van der Waals surface area contributed by atoms with Crippen LogP contribution in [-0.2, 0) is 17.0 Å². The Morgan fingerprint density at radius 1 is 1.13 bits per heavy atom. The van der Waals surface area contributed by atoms with Gasteiger partial charge >= 0.3 is 0 Å². The molecule has 1 aromatic carbocycles. The van der Waals surface area contributed by atoms with Gasteiger partial charge in [0.2, 0.25) is 0 Å². The quantitative estimate of drug-likeness (QED) is 0.532. The van der Waals surface area contributed by atoms with E-state index >= 15 is 0 Å². The Labute approximate surface area is 96.4 Å². The van der Waals surface area contributed by atoms with Crippen LogP contribution in [0.15, 0.2) is 24.3 Å². The minimum atomic E-state index is 0.596. The molecule has 1 aliphatic carbocycles. The molecule has 0 atom stereocenters. The van der Waals surface area contributed by atoms with Gasteiger partial charge in [0.1, 0.15) is 0 Å². The molecule has 2 heteroatoms. The summed E-state index contributed by atoms with van der Waals surface area (Å²) in [5.74, 6) is 1.46. The third kappa shape index (κ3) is 3.84. The zero-order chi connectivity index (χ0) is 10.5. The van der Waals surface area contributed by atoms with E-state index in [0.29, 0.717) is 5.88 Å². The van der Waals surface area contributed by atoms with E-state index in [1.54, 1.807) is 0 Å². The third-order valence-electron chi connectivity index (χ3n) is 2.76. The second-order valence-corrected chi connectivity index (χ2v) is 4.49. The maximum absolute atomic E-state index is 5.72. The first kappa shape index (κ1) is 11.0.